The van der Waals surface area contributed by atoms with Crippen LogP contribution in [-0.2, 0) is 14.3 Å². The van der Waals surface area contributed by atoms with Crippen LogP contribution >= 0.6 is 0 Å². The van der Waals surface area contributed by atoms with Gasteiger partial charge in [-0.05, 0) is 29.7 Å². The van der Waals surface area contributed by atoms with Crippen LogP contribution in [0.25, 0.3) is 0 Å². The van der Waals surface area contributed by atoms with Crippen molar-refractivity contribution >= 4 is 17.8 Å². The van der Waals surface area contributed by atoms with Crippen LogP contribution in [0.2, 0.25) is 0 Å². The monoisotopic (exact) mass is 343 g/mol. The van der Waals surface area contributed by atoms with E-state index in [1.54, 1.807) is 0 Å². The van der Waals surface area contributed by atoms with E-state index in [4.69, 9.17) is 4.74 Å². The van der Waals surface area contributed by atoms with Gasteiger partial charge in [0.15, 0.2) is 6.61 Å². The van der Waals surface area contributed by atoms with Gasteiger partial charge in [0.05, 0.1) is 6.42 Å². The van der Waals surface area contributed by atoms with E-state index in [1.165, 1.54) is 24.3 Å². The van der Waals surface area contributed by atoms with E-state index in [0.29, 0.717) is 0 Å². The van der Waals surface area contributed by atoms with Crippen molar-refractivity contribution in [2.24, 2.45) is 5.41 Å². The predicted octanol–water partition coefficient (Wildman–Crippen LogP) is 2.52. The molecule has 0 spiro atoms. The molecule has 0 heterocycles. The molecule has 1 aromatic carbocycles. The minimum Gasteiger partial charge on any atom is -0.456 e. The standard InChI is InChI=1S/C16H19F2NO5/c1-16(2,3)8-13(21)23-9-12(20)19-14(22)10-4-6-11(7-5-10)24-15(17)18/h4-7,15H,8-9H2,1-3H3,(H,19,20,22). The highest BCUT2D eigenvalue weighted by Gasteiger charge is 2.18. The smallest absolute Gasteiger partial charge is 0.387 e. The van der Waals surface area contributed by atoms with Crippen LogP contribution in [0, 0.1) is 5.41 Å². The van der Waals surface area contributed by atoms with Crippen LogP contribution in [0.15, 0.2) is 24.3 Å². The second-order valence-corrected chi connectivity index (χ2v) is 6.18. The summed E-state index contributed by atoms with van der Waals surface area (Å²) >= 11 is 0. The molecule has 0 unspecified atom stereocenters. The molecule has 1 aromatic rings. The summed E-state index contributed by atoms with van der Waals surface area (Å²) in [6.45, 7) is 2.00. The van der Waals surface area contributed by atoms with Crippen molar-refractivity contribution in [2.45, 2.75) is 33.8 Å². The number of benzene rings is 1. The molecule has 0 saturated heterocycles. The lowest BCUT2D eigenvalue weighted by Crippen LogP contribution is -2.34. The average molecular weight is 343 g/mol. The Labute approximate surface area is 138 Å². The summed E-state index contributed by atoms with van der Waals surface area (Å²) in [7, 11) is 0. The second kappa shape index (κ2) is 8.37. The van der Waals surface area contributed by atoms with Crippen LogP contribution < -0.4 is 10.1 Å². The molecule has 0 atom stereocenters. The first kappa shape index (κ1) is 19.5. The summed E-state index contributed by atoms with van der Waals surface area (Å²) in [5, 5.41) is 2.03. The molecule has 0 bridgehead atoms. The molecule has 6 nitrogen and oxygen atoms in total. The van der Waals surface area contributed by atoms with Crippen LogP contribution in [-0.4, -0.2) is 31.0 Å². The molecule has 0 fully saturated rings. The van der Waals surface area contributed by atoms with Gasteiger partial charge in [-0.25, -0.2) is 0 Å². The molecule has 0 aliphatic rings. The van der Waals surface area contributed by atoms with E-state index in [9.17, 15) is 23.2 Å². The fourth-order valence-electron chi connectivity index (χ4n) is 1.65. The number of carbonyl (C=O) groups is 3. The Balaban J connectivity index is 2.46. The van der Waals surface area contributed by atoms with E-state index >= 15 is 0 Å². The maximum Gasteiger partial charge on any atom is 0.387 e. The van der Waals surface area contributed by atoms with E-state index < -0.39 is 31.0 Å². The zero-order valence-electron chi connectivity index (χ0n) is 13.6. The van der Waals surface area contributed by atoms with Gasteiger partial charge in [0, 0.05) is 5.56 Å². The average Bonchev–Trinajstić information content (AvgIpc) is 2.43. The van der Waals surface area contributed by atoms with Gasteiger partial charge in [0.1, 0.15) is 5.75 Å². The lowest BCUT2D eigenvalue weighted by molar-refractivity contribution is -0.150. The van der Waals surface area contributed by atoms with Crippen LogP contribution in [0.4, 0.5) is 8.78 Å². The molecule has 1 rings (SSSR count). The third-order valence-corrected chi connectivity index (χ3v) is 2.63. The number of ether oxygens (including phenoxy) is 2. The maximum atomic E-state index is 12.0. The Morgan fingerprint density at radius 2 is 1.71 bits per heavy atom. The molecule has 0 aromatic heterocycles. The molecule has 132 valence electrons. The van der Waals surface area contributed by atoms with Gasteiger partial charge in [0.25, 0.3) is 11.8 Å². The Kier molecular flexibility index (Phi) is 6.82. The largest absolute Gasteiger partial charge is 0.456 e. The van der Waals surface area contributed by atoms with Crippen molar-refractivity contribution in [1.29, 1.82) is 0 Å². The number of carbonyl (C=O) groups excluding carboxylic acids is 3. The summed E-state index contributed by atoms with van der Waals surface area (Å²) in [4.78, 5) is 34.9. The minimum atomic E-state index is -2.96. The van der Waals surface area contributed by atoms with Crippen molar-refractivity contribution in [3.05, 3.63) is 29.8 Å². The number of rotatable bonds is 6. The number of esters is 1. The Morgan fingerprint density at radius 3 is 2.21 bits per heavy atom. The Bertz CT molecular complexity index is 593. The number of halogens is 2. The van der Waals surface area contributed by atoms with Crippen molar-refractivity contribution in [2.75, 3.05) is 6.61 Å². The summed E-state index contributed by atoms with van der Waals surface area (Å²) < 4.78 is 33.0. The fourth-order valence-corrected chi connectivity index (χ4v) is 1.65. The molecular formula is C16H19F2NO5. The molecular weight excluding hydrogens is 324 g/mol. The van der Waals surface area contributed by atoms with Gasteiger partial charge < -0.3 is 9.47 Å². The van der Waals surface area contributed by atoms with Gasteiger partial charge in [-0.2, -0.15) is 8.78 Å². The number of hydrogen-bond acceptors (Lipinski definition) is 5. The van der Waals surface area contributed by atoms with Crippen LogP contribution in [0.1, 0.15) is 37.6 Å². The lowest BCUT2D eigenvalue weighted by atomic mass is 9.93. The summed E-state index contributed by atoms with van der Waals surface area (Å²) in [6, 6.07) is 4.81. The van der Waals surface area contributed by atoms with Crippen molar-refractivity contribution in [3.8, 4) is 5.75 Å². The molecule has 0 aliphatic heterocycles. The normalized spacial score (nSPS) is 11.1. The molecule has 0 saturated carbocycles. The highest BCUT2D eigenvalue weighted by atomic mass is 19.3. The summed E-state index contributed by atoms with van der Waals surface area (Å²) in [5.74, 6) is -2.17. The van der Waals surface area contributed by atoms with Crippen LogP contribution in [0.5, 0.6) is 5.75 Å². The highest BCUT2D eigenvalue weighted by Crippen LogP contribution is 2.18. The van der Waals surface area contributed by atoms with Crippen molar-refractivity contribution in [1.82, 2.24) is 5.32 Å². The van der Waals surface area contributed by atoms with Gasteiger partial charge in [-0.3, -0.25) is 19.7 Å². The van der Waals surface area contributed by atoms with Gasteiger partial charge in [-0.1, -0.05) is 20.8 Å². The minimum absolute atomic E-state index is 0.0750. The van der Waals surface area contributed by atoms with Gasteiger partial charge in [-0.15, -0.1) is 0 Å². The SMILES string of the molecule is CC(C)(C)CC(=O)OCC(=O)NC(=O)c1ccc(OC(F)F)cc1. The first-order valence-electron chi connectivity index (χ1n) is 7.11. The van der Waals surface area contributed by atoms with Crippen molar-refractivity contribution < 1.29 is 32.6 Å². The second-order valence-electron chi connectivity index (χ2n) is 6.18. The van der Waals surface area contributed by atoms with E-state index in [2.05, 4.69) is 4.74 Å². The van der Waals surface area contributed by atoms with Gasteiger partial charge in [0.2, 0.25) is 0 Å². The fraction of sp³-hybridized carbons (Fsp3) is 0.438. The first-order valence-corrected chi connectivity index (χ1v) is 7.11. The zero-order valence-corrected chi connectivity index (χ0v) is 13.6. The van der Waals surface area contributed by atoms with Crippen molar-refractivity contribution in [3.63, 3.8) is 0 Å². The molecule has 0 aliphatic carbocycles. The molecule has 8 heteroatoms. The number of nitrogens with one attached hydrogen (secondary N) is 1. The zero-order chi connectivity index (χ0) is 18.3. The maximum absolute atomic E-state index is 12.0. The lowest BCUT2D eigenvalue weighted by Gasteiger charge is -2.16. The predicted molar refractivity (Wildman–Crippen MR) is 80.6 cm³/mol. The van der Waals surface area contributed by atoms with E-state index in [0.717, 1.165) is 0 Å². The Hall–Kier alpha value is -2.51. The topological polar surface area (TPSA) is 81.7 Å². The van der Waals surface area contributed by atoms with Gasteiger partial charge >= 0.3 is 12.6 Å². The third-order valence-electron chi connectivity index (χ3n) is 2.63. The molecule has 2 amide bonds. The molecule has 1 N–H and O–H groups in total. The number of amides is 2. The summed E-state index contributed by atoms with van der Waals surface area (Å²) in [6.07, 6.45) is 0.139. The van der Waals surface area contributed by atoms with E-state index in [1.807, 2.05) is 26.1 Å². The molecule has 24 heavy (non-hydrogen) atoms. The molecule has 0 radical (unpaired) electrons. The Morgan fingerprint density at radius 1 is 1.12 bits per heavy atom. The number of imide groups is 1. The van der Waals surface area contributed by atoms with Crippen LogP contribution in [0.3, 0.4) is 0 Å². The number of alkyl halides is 2. The highest BCUT2D eigenvalue weighted by molar-refractivity contribution is 6.05. The number of hydrogen-bond donors (Lipinski definition) is 1. The third kappa shape index (κ3) is 7.66. The first-order chi connectivity index (χ1) is 11.1. The van der Waals surface area contributed by atoms with E-state index in [-0.39, 0.29) is 23.1 Å². The quantitative estimate of drug-likeness (QED) is 0.803. The summed E-state index contributed by atoms with van der Waals surface area (Å²) in [5.41, 5.74) is -0.197.